The van der Waals surface area contributed by atoms with Crippen LogP contribution in [0.15, 0.2) is 65.8 Å². The minimum absolute atomic E-state index is 0.255. The third-order valence-electron chi connectivity index (χ3n) is 3.27. The van der Waals surface area contributed by atoms with Gasteiger partial charge < -0.3 is 9.21 Å². The Morgan fingerprint density at radius 2 is 1.92 bits per heavy atom. The van der Waals surface area contributed by atoms with Gasteiger partial charge in [0, 0.05) is 17.6 Å². The minimum atomic E-state index is 0.255. The molecule has 3 nitrogen and oxygen atoms in total. The van der Waals surface area contributed by atoms with E-state index in [1.807, 2.05) is 44.2 Å². The molecule has 0 atom stereocenters. The van der Waals surface area contributed by atoms with E-state index in [0.717, 1.165) is 16.9 Å². The van der Waals surface area contributed by atoms with E-state index in [4.69, 9.17) is 4.42 Å². The number of hydrogen-bond acceptors (Lipinski definition) is 3. The lowest BCUT2D eigenvalue weighted by Gasteiger charge is -1.97. The second kappa shape index (κ2) is 10.2. The van der Waals surface area contributed by atoms with Gasteiger partial charge in [-0.3, -0.25) is 0 Å². The van der Waals surface area contributed by atoms with Crippen molar-refractivity contribution in [2.45, 2.75) is 34.1 Å². The Hall–Kier alpha value is -2.68. The van der Waals surface area contributed by atoms with Gasteiger partial charge in [-0.1, -0.05) is 61.6 Å². The van der Waals surface area contributed by atoms with E-state index in [-0.39, 0.29) is 5.78 Å². The number of aryl methyl sites for hydroxylation is 1. The quantitative estimate of drug-likeness (QED) is 0.655. The zero-order valence-electron chi connectivity index (χ0n) is 14.9. The molecule has 0 radical (unpaired) electrons. The van der Waals surface area contributed by atoms with Gasteiger partial charge in [0.1, 0.15) is 5.78 Å². The molecular formula is C21H25NO2. The van der Waals surface area contributed by atoms with E-state index in [0.29, 0.717) is 12.3 Å². The van der Waals surface area contributed by atoms with Gasteiger partial charge in [-0.05, 0) is 26.8 Å². The molecule has 24 heavy (non-hydrogen) atoms. The number of carbonyl (C=O) groups excluding carboxylic acids is 1. The summed E-state index contributed by atoms with van der Waals surface area (Å²) in [7, 11) is 0. The van der Waals surface area contributed by atoms with Crippen LogP contribution < -0.4 is 0 Å². The standard InChI is InChI=1S/C17H17NO.C4H8O/c1-4-6-7-14(5-2)17-18-12-16(19-17)15-10-8-13(3)9-11-15;1-3-4(2)5/h4-12H,2H2,1,3H3;3H2,1-2H3/b6-4-,14-7+;. The number of aromatic nitrogens is 1. The highest BCUT2D eigenvalue weighted by molar-refractivity contribution is 5.74. The lowest BCUT2D eigenvalue weighted by Crippen LogP contribution is -1.80. The van der Waals surface area contributed by atoms with Gasteiger partial charge in [-0.15, -0.1) is 0 Å². The van der Waals surface area contributed by atoms with Crippen LogP contribution in [0.4, 0.5) is 0 Å². The van der Waals surface area contributed by atoms with E-state index in [1.165, 1.54) is 5.56 Å². The van der Waals surface area contributed by atoms with Crippen molar-refractivity contribution in [1.29, 1.82) is 0 Å². The van der Waals surface area contributed by atoms with E-state index < -0.39 is 0 Å². The van der Waals surface area contributed by atoms with E-state index in [9.17, 15) is 4.79 Å². The van der Waals surface area contributed by atoms with Crippen molar-refractivity contribution < 1.29 is 9.21 Å². The Kier molecular flexibility index (Phi) is 8.20. The number of Topliss-reactive ketones (excluding diaryl/α,β-unsaturated/α-hetero) is 1. The molecule has 0 saturated heterocycles. The Morgan fingerprint density at radius 3 is 2.42 bits per heavy atom. The molecule has 0 aliphatic heterocycles. The van der Waals surface area contributed by atoms with Crippen LogP contribution in [0.25, 0.3) is 16.9 Å². The molecule has 0 N–H and O–H groups in total. The fourth-order valence-corrected chi connectivity index (χ4v) is 1.69. The maximum Gasteiger partial charge on any atom is 0.226 e. The summed E-state index contributed by atoms with van der Waals surface area (Å²) in [5.41, 5.74) is 3.12. The normalized spacial score (nSPS) is 11.1. The average Bonchev–Trinajstić information content (AvgIpc) is 3.06. The van der Waals surface area contributed by atoms with E-state index >= 15 is 0 Å². The first kappa shape index (κ1) is 19.4. The number of benzene rings is 1. The molecule has 0 spiro atoms. The van der Waals surface area contributed by atoms with Gasteiger partial charge in [-0.25, -0.2) is 4.98 Å². The van der Waals surface area contributed by atoms with Crippen molar-refractivity contribution in [1.82, 2.24) is 4.98 Å². The Morgan fingerprint density at radius 1 is 1.29 bits per heavy atom. The highest BCUT2D eigenvalue weighted by atomic mass is 16.4. The molecule has 0 aliphatic carbocycles. The molecule has 2 rings (SSSR count). The fraction of sp³-hybridized carbons (Fsp3) is 0.238. The molecule has 0 saturated carbocycles. The van der Waals surface area contributed by atoms with Gasteiger partial charge in [-0.2, -0.15) is 0 Å². The van der Waals surface area contributed by atoms with Gasteiger partial charge in [0.05, 0.1) is 6.20 Å². The largest absolute Gasteiger partial charge is 0.436 e. The summed E-state index contributed by atoms with van der Waals surface area (Å²) in [4.78, 5) is 14.1. The zero-order valence-corrected chi connectivity index (χ0v) is 14.9. The Balaban J connectivity index is 0.000000505. The molecule has 0 amide bonds. The van der Waals surface area contributed by atoms with Crippen molar-refractivity contribution in [3.05, 3.63) is 72.8 Å². The number of carbonyl (C=O) groups is 1. The van der Waals surface area contributed by atoms with Crippen LogP contribution in [0.2, 0.25) is 0 Å². The monoisotopic (exact) mass is 323 g/mol. The topological polar surface area (TPSA) is 43.1 Å². The first-order valence-electron chi connectivity index (χ1n) is 7.99. The first-order chi connectivity index (χ1) is 11.5. The molecule has 1 heterocycles. The first-order valence-corrected chi connectivity index (χ1v) is 7.99. The SMILES string of the molecule is C=C/C(=C\C=C/C)c1ncc(-c2ccc(C)cc2)o1.CCC(C)=O. The number of allylic oxidation sites excluding steroid dienone is 5. The minimum Gasteiger partial charge on any atom is -0.436 e. The predicted molar refractivity (Wildman–Crippen MR) is 101 cm³/mol. The van der Waals surface area contributed by atoms with Crippen molar-refractivity contribution in [3.8, 4) is 11.3 Å². The molecule has 0 bridgehead atoms. The molecular weight excluding hydrogens is 298 g/mol. The molecule has 3 heteroatoms. The van der Waals surface area contributed by atoms with Crippen molar-refractivity contribution in [2.75, 3.05) is 0 Å². The maximum atomic E-state index is 9.81. The van der Waals surface area contributed by atoms with Gasteiger partial charge in [0.25, 0.3) is 0 Å². The molecule has 2 aromatic rings. The van der Waals surface area contributed by atoms with Crippen molar-refractivity contribution >= 4 is 11.4 Å². The Labute approximate surface area is 144 Å². The summed E-state index contributed by atoms with van der Waals surface area (Å²) in [6.45, 7) is 11.2. The van der Waals surface area contributed by atoms with Crippen LogP contribution >= 0.6 is 0 Å². The molecule has 1 aromatic carbocycles. The number of rotatable bonds is 5. The van der Waals surface area contributed by atoms with Crippen LogP contribution in [0.1, 0.15) is 38.6 Å². The molecule has 0 aliphatic rings. The van der Waals surface area contributed by atoms with Crippen LogP contribution in [-0.2, 0) is 4.79 Å². The number of oxazole rings is 1. The average molecular weight is 323 g/mol. The van der Waals surface area contributed by atoms with Crippen LogP contribution in [0.3, 0.4) is 0 Å². The number of hydrogen-bond donors (Lipinski definition) is 0. The summed E-state index contributed by atoms with van der Waals surface area (Å²) in [5.74, 6) is 1.61. The number of nitrogens with zero attached hydrogens (tertiary/aromatic N) is 1. The summed E-state index contributed by atoms with van der Waals surface area (Å²) >= 11 is 0. The molecule has 0 fully saturated rings. The zero-order chi connectivity index (χ0) is 17.9. The van der Waals surface area contributed by atoms with Crippen molar-refractivity contribution in [3.63, 3.8) is 0 Å². The summed E-state index contributed by atoms with van der Waals surface area (Å²) < 4.78 is 5.78. The highest BCUT2D eigenvalue weighted by Gasteiger charge is 2.08. The molecule has 0 unspecified atom stereocenters. The predicted octanol–water partition coefficient (Wildman–Crippen LogP) is 5.78. The summed E-state index contributed by atoms with van der Waals surface area (Å²) in [5, 5.41) is 0. The fourth-order valence-electron chi connectivity index (χ4n) is 1.69. The van der Waals surface area contributed by atoms with Crippen LogP contribution in [0, 0.1) is 6.92 Å². The lowest BCUT2D eigenvalue weighted by molar-refractivity contribution is -0.116. The molecule has 1 aromatic heterocycles. The highest BCUT2D eigenvalue weighted by Crippen LogP contribution is 2.24. The van der Waals surface area contributed by atoms with Crippen LogP contribution in [0.5, 0.6) is 0 Å². The third kappa shape index (κ3) is 6.21. The smallest absolute Gasteiger partial charge is 0.226 e. The second-order valence-electron chi connectivity index (χ2n) is 5.30. The maximum absolute atomic E-state index is 9.81. The summed E-state index contributed by atoms with van der Waals surface area (Å²) in [6, 6.07) is 8.18. The van der Waals surface area contributed by atoms with Crippen molar-refractivity contribution in [2.24, 2.45) is 0 Å². The summed E-state index contributed by atoms with van der Waals surface area (Å²) in [6.07, 6.45) is 9.97. The van der Waals surface area contributed by atoms with Gasteiger partial charge in [0.15, 0.2) is 5.76 Å². The third-order valence-corrected chi connectivity index (χ3v) is 3.27. The van der Waals surface area contributed by atoms with E-state index in [1.54, 1.807) is 19.2 Å². The van der Waals surface area contributed by atoms with Gasteiger partial charge >= 0.3 is 0 Å². The second-order valence-corrected chi connectivity index (χ2v) is 5.30. The van der Waals surface area contributed by atoms with Crippen LogP contribution in [-0.4, -0.2) is 10.8 Å². The van der Waals surface area contributed by atoms with E-state index in [2.05, 4.69) is 30.6 Å². The van der Waals surface area contributed by atoms with Gasteiger partial charge in [0.2, 0.25) is 5.89 Å². The lowest BCUT2D eigenvalue weighted by atomic mass is 10.1. The number of ketones is 1. The Bertz CT molecular complexity index is 719. The molecule has 126 valence electrons.